The van der Waals surface area contributed by atoms with E-state index in [1.807, 2.05) is 4.90 Å². The van der Waals surface area contributed by atoms with Crippen LogP contribution >= 0.6 is 0 Å². The van der Waals surface area contributed by atoms with Crippen molar-refractivity contribution in [1.29, 1.82) is 0 Å². The zero-order chi connectivity index (χ0) is 12.6. The molecule has 0 aromatic rings. The lowest BCUT2D eigenvalue weighted by atomic mass is 9.85. The summed E-state index contributed by atoms with van der Waals surface area (Å²) in [5.41, 5.74) is -0.850. The summed E-state index contributed by atoms with van der Waals surface area (Å²) in [4.78, 5) is 2.01. The summed E-state index contributed by atoms with van der Waals surface area (Å²) in [5, 5.41) is 39.6. The summed E-state index contributed by atoms with van der Waals surface area (Å²) in [6.07, 6.45) is 0.429. The zero-order valence-corrected chi connectivity index (χ0v) is 10.3. The zero-order valence-electron chi connectivity index (χ0n) is 10.3. The maximum absolute atomic E-state index is 10.1. The van der Waals surface area contributed by atoms with Gasteiger partial charge >= 0.3 is 0 Å². The molecule has 5 atom stereocenters. The van der Waals surface area contributed by atoms with Gasteiger partial charge in [0.15, 0.2) is 0 Å². The molecule has 2 bridgehead atoms. The number of unbranched alkanes of at least 4 members (excludes halogenated alkanes) is 1. The highest BCUT2D eigenvalue weighted by Gasteiger charge is 2.61. The fourth-order valence-electron chi connectivity index (χ4n) is 3.45. The van der Waals surface area contributed by atoms with E-state index in [2.05, 4.69) is 6.92 Å². The molecule has 0 radical (unpaired) electrons. The third-order valence-electron chi connectivity index (χ3n) is 4.37. The molecule has 0 saturated carbocycles. The van der Waals surface area contributed by atoms with Crippen LogP contribution in [0.3, 0.4) is 0 Å². The monoisotopic (exact) mass is 245 g/mol. The van der Waals surface area contributed by atoms with Gasteiger partial charge in [-0.3, -0.25) is 4.90 Å². The highest BCUT2D eigenvalue weighted by molar-refractivity contribution is 5.15. The number of hydrogen-bond acceptors (Lipinski definition) is 5. The van der Waals surface area contributed by atoms with E-state index in [-0.39, 0.29) is 12.6 Å². The smallest absolute Gasteiger partial charge is 0.102 e. The second-order valence-corrected chi connectivity index (χ2v) is 5.41. The summed E-state index contributed by atoms with van der Waals surface area (Å²) >= 11 is 0. The predicted molar refractivity (Wildman–Crippen MR) is 62.5 cm³/mol. The molecular weight excluding hydrogens is 222 g/mol. The maximum Gasteiger partial charge on any atom is 0.102 e. The number of hydrogen-bond donors (Lipinski definition) is 4. The molecule has 100 valence electrons. The molecule has 0 aliphatic carbocycles. The molecule has 2 saturated heterocycles. The number of fused-ring (bicyclic) bond motifs is 2. The van der Waals surface area contributed by atoms with Crippen molar-refractivity contribution in [2.45, 2.75) is 62.5 Å². The first-order valence-electron chi connectivity index (χ1n) is 6.48. The van der Waals surface area contributed by atoms with Crippen LogP contribution in [0.5, 0.6) is 0 Å². The molecule has 2 fully saturated rings. The predicted octanol–water partition coefficient (Wildman–Crippen LogP) is -0.922. The molecule has 0 unspecified atom stereocenters. The van der Waals surface area contributed by atoms with Gasteiger partial charge in [0, 0.05) is 6.04 Å². The van der Waals surface area contributed by atoms with Crippen molar-refractivity contribution in [3.8, 4) is 0 Å². The van der Waals surface area contributed by atoms with E-state index >= 15 is 0 Å². The molecule has 2 heterocycles. The standard InChI is InChI=1S/C12H23NO4/c1-2-3-4-13-9-5-8(15)6-12(13,7-14)11(17)10(9)16/h8-11,14-17H,2-7H2,1H3/t8-,9-,10-,11+,12-/m0/s1. The van der Waals surface area contributed by atoms with E-state index in [0.29, 0.717) is 12.8 Å². The summed E-state index contributed by atoms with van der Waals surface area (Å²) in [7, 11) is 0. The van der Waals surface area contributed by atoms with Gasteiger partial charge in [0.05, 0.1) is 24.4 Å². The van der Waals surface area contributed by atoms with E-state index in [9.17, 15) is 20.4 Å². The van der Waals surface area contributed by atoms with Crippen LogP contribution in [0.15, 0.2) is 0 Å². The van der Waals surface area contributed by atoms with E-state index < -0.39 is 23.9 Å². The molecular formula is C12H23NO4. The molecule has 4 N–H and O–H groups in total. The van der Waals surface area contributed by atoms with Crippen LogP contribution < -0.4 is 0 Å². The average molecular weight is 245 g/mol. The minimum Gasteiger partial charge on any atom is -0.394 e. The first-order valence-corrected chi connectivity index (χ1v) is 6.48. The minimum absolute atomic E-state index is 0.220. The van der Waals surface area contributed by atoms with Gasteiger partial charge in [-0.2, -0.15) is 0 Å². The molecule has 2 aliphatic rings. The maximum atomic E-state index is 10.1. The lowest BCUT2D eigenvalue weighted by Crippen LogP contribution is -2.60. The van der Waals surface area contributed by atoms with Crippen LogP contribution in [-0.2, 0) is 0 Å². The Bertz CT molecular complexity index is 275. The summed E-state index contributed by atoms with van der Waals surface area (Å²) in [5.74, 6) is 0. The minimum atomic E-state index is -0.966. The van der Waals surface area contributed by atoms with Crippen LogP contribution in [-0.4, -0.2) is 68.4 Å². The van der Waals surface area contributed by atoms with Crippen LogP contribution in [0.2, 0.25) is 0 Å². The fourth-order valence-corrected chi connectivity index (χ4v) is 3.45. The Labute approximate surface area is 102 Å². The number of rotatable bonds is 4. The quantitative estimate of drug-likeness (QED) is 0.515. The van der Waals surface area contributed by atoms with Crippen LogP contribution in [0.1, 0.15) is 32.6 Å². The van der Waals surface area contributed by atoms with E-state index in [4.69, 9.17) is 0 Å². The van der Waals surface area contributed by atoms with Gasteiger partial charge in [0.1, 0.15) is 6.10 Å². The van der Waals surface area contributed by atoms with Gasteiger partial charge in [-0.05, 0) is 25.8 Å². The van der Waals surface area contributed by atoms with Crippen molar-refractivity contribution >= 4 is 0 Å². The lowest BCUT2D eigenvalue weighted by molar-refractivity contribution is -0.0811. The number of aliphatic hydroxyl groups excluding tert-OH is 4. The van der Waals surface area contributed by atoms with Crippen molar-refractivity contribution in [3.05, 3.63) is 0 Å². The average Bonchev–Trinajstić information content (AvgIpc) is 2.44. The molecule has 5 heteroatoms. The number of piperidine rings is 1. The first-order chi connectivity index (χ1) is 8.06. The third kappa shape index (κ3) is 1.90. The van der Waals surface area contributed by atoms with E-state index in [1.54, 1.807) is 0 Å². The van der Waals surface area contributed by atoms with Gasteiger partial charge in [-0.25, -0.2) is 0 Å². The topological polar surface area (TPSA) is 84.2 Å². The normalized spacial score (nSPS) is 46.4. The second-order valence-electron chi connectivity index (χ2n) is 5.41. The highest BCUT2D eigenvalue weighted by atomic mass is 16.3. The summed E-state index contributed by atoms with van der Waals surface area (Å²) in [6.45, 7) is 2.62. The van der Waals surface area contributed by atoms with Crippen molar-refractivity contribution < 1.29 is 20.4 Å². The number of nitrogens with zero attached hydrogens (tertiary/aromatic N) is 1. The Morgan fingerprint density at radius 2 is 2.00 bits per heavy atom. The van der Waals surface area contributed by atoms with Gasteiger partial charge in [0.2, 0.25) is 0 Å². The van der Waals surface area contributed by atoms with Crippen molar-refractivity contribution in [3.63, 3.8) is 0 Å². The summed E-state index contributed by atoms with van der Waals surface area (Å²) in [6, 6.07) is -0.229. The Morgan fingerprint density at radius 3 is 2.59 bits per heavy atom. The Balaban J connectivity index is 2.25. The molecule has 2 aliphatic heterocycles. The largest absolute Gasteiger partial charge is 0.394 e. The van der Waals surface area contributed by atoms with E-state index in [1.165, 1.54) is 0 Å². The van der Waals surface area contributed by atoms with Crippen LogP contribution in [0.4, 0.5) is 0 Å². The van der Waals surface area contributed by atoms with Crippen molar-refractivity contribution in [1.82, 2.24) is 4.90 Å². The molecule has 0 aromatic heterocycles. The number of aliphatic hydroxyl groups is 4. The fraction of sp³-hybridized carbons (Fsp3) is 1.00. The first kappa shape index (κ1) is 13.2. The Hall–Kier alpha value is -0.200. The van der Waals surface area contributed by atoms with Crippen molar-refractivity contribution in [2.75, 3.05) is 13.2 Å². The van der Waals surface area contributed by atoms with Crippen LogP contribution in [0.25, 0.3) is 0 Å². The SMILES string of the molecule is CCCCN1[C@H]2C[C@H](O)C[C@]1(CO)[C@H](O)[C@H]2O. The highest BCUT2D eigenvalue weighted by Crippen LogP contribution is 2.44. The Kier molecular flexibility index (Phi) is 3.75. The Morgan fingerprint density at radius 1 is 1.29 bits per heavy atom. The lowest BCUT2D eigenvalue weighted by Gasteiger charge is -2.46. The third-order valence-corrected chi connectivity index (χ3v) is 4.37. The molecule has 5 nitrogen and oxygen atoms in total. The molecule has 0 spiro atoms. The second kappa shape index (κ2) is 4.82. The van der Waals surface area contributed by atoms with Gasteiger partial charge in [-0.15, -0.1) is 0 Å². The van der Waals surface area contributed by atoms with E-state index in [0.717, 1.165) is 19.4 Å². The van der Waals surface area contributed by atoms with Gasteiger partial charge in [-0.1, -0.05) is 13.3 Å². The summed E-state index contributed by atoms with van der Waals surface area (Å²) < 4.78 is 0. The van der Waals surface area contributed by atoms with Gasteiger partial charge in [0.25, 0.3) is 0 Å². The molecule has 17 heavy (non-hydrogen) atoms. The molecule has 0 amide bonds. The molecule has 2 rings (SSSR count). The van der Waals surface area contributed by atoms with Crippen LogP contribution in [0, 0.1) is 0 Å². The van der Waals surface area contributed by atoms with Crippen molar-refractivity contribution in [2.24, 2.45) is 0 Å². The van der Waals surface area contributed by atoms with Gasteiger partial charge < -0.3 is 20.4 Å². The molecule has 0 aromatic carbocycles.